The fourth-order valence-electron chi connectivity index (χ4n) is 2.87. The summed E-state index contributed by atoms with van der Waals surface area (Å²) in [7, 11) is 1.75. The van der Waals surface area contributed by atoms with E-state index in [0.29, 0.717) is 18.7 Å². The molecule has 0 aromatic heterocycles. The fourth-order valence-corrected chi connectivity index (χ4v) is 2.87. The highest BCUT2D eigenvalue weighted by atomic mass is 35.5. The Balaban J connectivity index is 0.00000242. The van der Waals surface area contributed by atoms with Crippen LogP contribution in [0.15, 0.2) is 24.3 Å². The third-order valence-corrected chi connectivity index (χ3v) is 4.23. The van der Waals surface area contributed by atoms with Crippen molar-refractivity contribution in [3.05, 3.63) is 39.9 Å². The van der Waals surface area contributed by atoms with Crippen molar-refractivity contribution in [1.82, 2.24) is 4.90 Å². The quantitative estimate of drug-likeness (QED) is 0.637. The van der Waals surface area contributed by atoms with Gasteiger partial charge in [0.1, 0.15) is 0 Å². The number of piperidine rings is 1. The van der Waals surface area contributed by atoms with Gasteiger partial charge in [-0.25, -0.2) is 0 Å². The van der Waals surface area contributed by atoms with Gasteiger partial charge in [-0.05, 0) is 24.8 Å². The lowest BCUT2D eigenvalue weighted by Crippen LogP contribution is -2.49. The second-order valence-corrected chi connectivity index (χ2v) is 5.48. The molecule has 0 saturated carbocycles. The molecule has 2 rings (SSSR count). The number of hydrogen-bond acceptors (Lipinski definition) is 5. The number of hydrogen-bond donors (Lipinski definition) is 1. The first-order chi connectivity index (χ1) is 10.1. The summed E-state index contributed by atoms with van der Waals surface area (Å²) in [6.07, 6.45) is 3.21. The predicted molar refractivity (Wildman–Crippen MR) is 88.5 cm³/mol. The normalized spacial score (nSPS) is 22.1. The zero-order valence-corrected chi connectivity index (χ0v) is 13.6. The van der Waals surface area contributed by atoms with E-state index in [2.05, 4.69) is 4.90 Å². The van der Waals surface area contributed by atoms with E-state index in [4.69, 9.17) is 10.5 Å². The van der Waals surface area contributed by atoms with Gasteiger partial charge >= 0.3 is 0 Å². The smallest absolute Gasteiger partial charge is 0.269 e. The zero-order valence-electron chi connectivity index (χ0n) is 12.8. The molecule has 0 aliphatic carbocycles. The Kier molecular flexibility index (Phi) is 7.75. The maximum absolute atomic E-state index is 10.6. The van der Waals surface area contributed by atoms with E-state index < -0.39 is 0 Å². The van der Waals surface area contributed by atoms with Crippen LogP contribution in [0, 0.1) is 10.1 Å². The molecule has 2 atom stereocenters. The number of nitro groups is 1. The van der Waals surface area contributed by atoms with Gasteiger partial charge in [-0.1, -0.05) is 12.1 Å². The molecule has 6 nitrogen and oxygen atoms in total. The minimum atomic E-state index is -0.371. The number of benzene rings is 1. The summed E-state index contributed by atoms with van der Waals surface area (Å²) < 4.78 is 5.42. The van der Waals surface area contributed by atoms with Crippen LogP contribution in [0.3, 0.4) is 0 Å². The molecule has 1 aromatic rings. The maximum Gasteiger partial charge on any atom is 0.269 e. The number of rotatable bonds is 6. The predicted octanol–water partition coefficient (Wildman–Crippen LogP) is 2.00. The Hall–Kier alpha value is -1.21. The molecule has 22 heavy (non-hydrogen) atoms. The van der Waals surface area contributed by atoms with E-state index in [1.54, 1.807) is 19.2 Å². The van der Waals surface area contributed by atoms with Crippen molar-refractivity contribution in [3.63, 3.8) is 0 Å². The van der Waals surface area contributed by atoms with Gasteiger partial charge in [-0.15, -0.1) is 12.4 Å². The highest BCUT2D eigenvalue weighted by Crippen LogP contribution is 2.20. The van der Waals surface area contributed by atoms with E-state index >= 15 is 0 Å². The Morgan fingerprint density at radius 2 is 2.09 bits per heavy atom. The first kappa shape index (κ1) is 18.8. The zero-order chi connectivity index (χ0) is 15.2. The molecule has 2 N–H and O–H groups in total. The van der Waals surface area contributed by atoms with Gasteiger partial charge in [0.05, 0.1) is 11.0 Å². The highest BCUT2D eigenvalue weighted by Gasteiger charge is 2.26. The summed E-state index contributed by atoms with van der Waals surface area (Å²) >= 11 is 0. The lowest BCUT2D eigenvalue weighted by molar-refractivity contribution is -0.384. The maximum atomic E-state index is 10.6. The number of halogens is 1. The largest absolute Gasteiger partial charge is 0.381 e. The molecule has 0 bridgehead atoms. The second kappa shape index (κ2) is 9.05. The van der Waals surface area contributed by atoms with Crippen LogP contribution in [0.4, 0.5) is 5.69 Å². The summed E-state index contributed by atoms with van der Waals surface area (Å²) in [5.41, 5.74) is 7.11. The van der Waals surface area contributed by atoms with Crippen LogP contribution >= 0.6 is 12.4 Å². The molecular weight excluding hydrogens is 306 g/mol. The standard InChI is InChI=1S/C15H23N3O3.ClH/c1-21-15-7-9-17(14(10-15)11-16)8-6-12-2-4-13(5-3-12)18(19)20;/h2-5,14-15H,6-11,16H2,1H3;1H. The average molecular weight is 330 g/mol. The summed E-state index contributed by atoms with van der Waals surface area (Å²) in [4.78, 5) is 12.7. The summed E-state index contributed by atoms with van der Waals surface area (Å²) in [6, 6.07) is 7.15. The molecule has 2 unspecified atom stereocenters. The molecule has 7 heteroatoms. The lowest BCUT2D eigenvalue weighted by atomic mass is 9.98. The number of non-ortho nitro benzene ring substituents is 1. The minimum Gasteiger partial charge on any atom is -0.381 e. The molecule has 1 heterocycles. The van der Waals surface area contributed by atoms with Crippen molar-refractivity contribution >= 4 is 18.1 Å². The van der Waals surface area contributed by atoms with Crippen LogP contribution < -0.4 is 5.73 Å². The molecule has 1 saturated heterocycles. The minimum absolute atomic E-state index is 0. The molecule has 0 amide bonds. The van der Waals surface area contributed by atoms with Gasteiger partial charge in [0.25, 0.3) is 5.69 Å². The third kappa shape index (κ3) is 4.91. The first-order valence-electron chi connectivity index (χ1n) is 7.34. The van der Waals surface area contributed by atoms with Crippen molar-refractivity contribution in [2.24, 2.45) is 5.73 Å². The van der Waals surface area contributed by atoms with Crippen LogP contribution in [-0.4, -0.2) is 48.7 Å². The average Bonchev–Trinajstić information content (AvgIpc) is 2.53. The van der Waals surface area contributed by atoms with Crippen LogP contribution in [-0.2, 0) is 11.2 Å². The van der Waals surface area contributed by atoms with Crippen LogP contribution in [0.1, 0.15) is 18.4 Å². The monoisotopic (exact) mass is 329 g/mol. The van der Waals surface area contributed by atoms with E-state index in [0.717, 1.165) is 37.9 Å². The van der Waals surface area contributed by atoms with Crippen molar-refractivity contribution < 1.29 is 9.66 Å². The Morgan fingerprint density at radius 1 is 1.41 bits per heavy atom. The molecule has 1 aliphatic rings. The first-order valence-corrected chi connectivity index (χ1v) is 7.34. The number of nitrogens with zero attached hydrogens (tertiary/aromatic N) is 2. The van der Waals surface area contributed by atoms with Crippen LogP contribution in [0.2, 0.25) is 0 Å². The van der Waals surface area contributed by atoms with Gasteiger partial charge in [0.2, 0.25) is 0 Å². The lowest BCUT2D eigenvalue weighted by Gasteiger charge is -2.38. The van der Waals surface area contributed by atoms with Crippen molar-refractivity contribution in [2.45, 2.75) is 31.4 Å². The van der Waals surface area contributed by atoms with E-state index in [9.17, 15) is 10.1 Å². The van der Waals surface area contributed by atoms with E-state index in [-0.39, 0.29) is 23.0 Å². The summed E-state index contributed by atoms with van der Waals surface area (Å²) in [6.45, 7) is 2.56. The Labute approximate surface area is 137 Å². The number of methoxy groups -OCH3 is 1. The topological polar surface area (TPSA) is 81.6 Å². The molecule has 0 radical (unpaired) electrons. The highest BCUT2D eigenvalue weighted by molar-refractivity contribution is 5.85. The van der Waals surface area contributed by atoms with E-state index in [1.807, 2.05) is 12.1 Å². The fraction of sp³-hybridized carbons (Fsp3) is 0.600. The number of likely N-dealkylation sites (tertiary alicyclic amines) is 1. The van der Waals surface area contributed by atoms with Crippen molar-refractivity contribution in [1.29, 1.82) is 0 Å². The molecule has 1 fully saturated rings. The molecule has 124 valence electrons. The van der Waals surface area contributed by atoms with E-state index in [1.165, 1.54) is 0 Å². The van der Waals surface area contributed by atoms with Gasteiger partial charge in [0, 0.05) is 44.9 Å². The molecule has 1 aliphatic heterocycles. The number of nitro benzene ring substituents is 1. The van der Waals surface area contributed by atoms with Gasteiger partial charge in [0.15, 0.2) is 0 Å². The summed E-state index contributed by atoms with van der Waals surface area (Å²) in [5, 5.41) is 10.6. The number of ether oxygens (including phenoxy) is 1. The van der Waals surface area contributed by atoms with Gasteiger partial charge in [-0.2, -0.15) is 0 Å². The van der Waals surface area contributed by atoms with Gasteiger partial charge in [-0.3, -0.25) is 15.0 Å². The SMILES string of the molecule is COC1CCN(CCc2ccc([N+](=O)[O-])cc2)C(CN)C1.Cl. The van der Waals surface area contributed by atoms with Crippen LogP contribution in [0.5, 0.6) is 0 Å². The van der Waals surface area contributed by atoms with Crippen molar-refractivity contribution in [2.75, 3.05) is 26.7 Å². The molecule has 1 aromatic carbocycles. The third-order valence-electron chi connectivity index (χ3n) is 4.23. The Morgan fingerprint density at radius 3 is 2.64 bits per heavy atom. The van der Waals surface area contributed by atoms with Crippen molar-refractivity contribution in [3.8, 4) is 0 Å². The number of nitrogens with two attached hydrogens (primary N) is 1. The molecular formula is C15H24ClN3O3. The van der Waals surface area contributed by atoms with Gasteiger partial charge < -0.3 is 10.5 Å². The second-order valence-electron chi connectivity index (χ2n) is 5.48. The summed E-state index contributed by atoms with van der Waals surface area (Å²) in [5.74, 6) is 0. The van der Waals surface area contributed by atoms with Crippen LogP contribution in [0.25, 0.3) is 0 Å². The molecule has 0 spiro atoms. The Bertz CT molecular complexity index is 470.